The average Bonchev–Trinajstić information content (AvgIpc) is 2.47. The van der Waals surface area contributed by atoms with Crippen LogP contribution in [0.4, 0.5) is 0 Å². The van der Waals surface area contributed by atoms with Crippen LogP contribution in [-0.2, 0) is 11.3 Å². The molecule has 1 atom stereocenters. The third-order valence-corrected chi connectivity index (χ3v) is 3.95. The van der Waals surface area contributed by atoms with Crippen molar-refractivity contribution in [1.82, 2.24) is 9.80 Å². The van der Waals surface area contributed by atoms with Crippen LogP contribution in [0.2, 0.25) is 0 Å². The van der Waals surface area contributed by atoms with Gasteiger partial charge in [-0.1, -0.05) is 12.1 Å². The van der Waals surface area contributed by atoms with Crippen molar-refractivity contribution >= 4 is 5.91 Å². The van der Waals surface area contributed by atoms with Crippen LogP contribution in [-0.4, -0.2) is 56.0 Å². The van der Waals surface area contributed by atoms with Crippen molar-refractivity contribution in [2.75, 3.05) is 34.3 Å². The SMILES string of the molecule is COCc1cccc(C(=O)N2CCCCC2CN(C)C)c1. The van der Waals surface area contributed by atoms with Gasteiger partial charge in [0.25, 0.3) is 5.91 Å². The zero-order valence-corrected chi connectivity index (χ0v) is 13.3. The first-order chi connectivity index (χ1) is 10.1. The number of likely N-dealkylation sites (N-methyl/N-ethyl adjacent to an activating group) is 1. The molecule has 0 aromatic heterocycles. The molecule has 4 heteroatoms. The third kappa shape index (κ3) is 4.29. The minimum absolute atomic E-state index is 0.152. The van der Waals surface area contributed by atoms with Crippen LogP contribution in [0.1, 0.15) is 35.2 Å². The quantitative estimate of drug-likeness (QED) is 0.835. The van der Waals surface area contributed by atoms with E-state index in [0.29, 0.717) is 12.6 Å². The number of benzene rings is 1. The number of methoxy groups -OCH3 is 1. The van der Waals surface area contributed by atoms with Crippen LogP contribution in [0.3, 0.4) is 0 Å². The van der Waals surface area contributed by atoms with Crippen LogP contribution in [0, 0.1) is 0 Å². The zero-order chi connectivity index (χ0) is 15.2. The van der Waals surface area contributed by atoms with Gasteiger partial charge in [-0.15, -0.1) is 0 Å². The van der Waals surface area contributed by atoms with Gasteiger partial charge in [-0.3, -0.25) is 4.79 Å². The van der Waals surface area contributed by atoms with Gasteiger partial charge in [-0.25, -0.2) is 0 Å². The smallest absolute Gasteiger partial charge is 0.254 e. The van der Waals surface area contributed by atoms with E-state index in [1.807, 2.05) is 24.3 Å². The fourth-order valence-corrected chi connectivity index (χ4v) is 3.01. The minimum Gasteiger partial charge on any atom is -0.380 e. The lowest BCUT2D eigenvalue weighted by atomic mass is 10.00. The van der Waals surface area contributed by atoms with E-state index >= 15 is 0 Å². The molecule has 1 aromatic carbocycles. The Morgan fingerprint density at radius 2 is 2.19 bits per heavy atom. The predicted octanol–water partition coefficient (Wildman–Crippen LogP) is 2.39. The van der Waals surface area contributed by atoms with Gasteiger partial charge < -0.3 is 14.5 Å². The third-order valence-electron chi connectivity index (χ3n) is 3.95. The first-order valence-electron chi connectivity index (χ1n) is 7.65. The fraction of sp³-hybridized carbons (Fsp3) is 0.588. The summed E-state index contributed by atoms with van der Waals surface area (Å²) in [5.41, 5.74) is 1.82. The van der Waals surface area contributed by atoms with Crippen molar-refractivity contribution in [2.24, 2.45) is 0 Å². The number of piperidine rings is 1. The van der Waals surface area contributed by atoms with Gasteiger partial charge in [0.05, 0.1) is 6.61 Å². The molecule has 1 aliphatic heterocycles. The molecular formula is C17H26N2O2. The van der Waals surface area contributed by atoms with Crippen molar-refractivity contribution in [1.29, 1.82) is 0 Å². The number of nitrogens with zero attached hydrogens (tertiary/aromatic N) is 2. The summed E-state index contributed by atoms with van der Waals surface area (Å²) >= 11 is 0. The molecule has 21 heavy (non-hydrogen) atoms. The molecule has 1 amide bonds. The van der Waals surface area contributed by atoms with Crippen molar-refractivity contribution < 1.29 is 9.53 Å². The molecule has 4 nitrogen and oxygen atoms in total. The molecule has 1 fully saturated rings. The van der Waals surface area contributed by atoms with Gasteiger partial charge in [-0.05, 0) is 51.1 Å². The van der Waals surface area contributed by atoms with Crippen LogP contribution < -0.4 is 0 Å². The fourth-order valence-electron chi connectivity index (χ4n) is 3.01. The molecule has 1 saturated heterocycles. The molecule has 0 spiro atoms. The second-order valence-corrected chi connectivity index (χ2v) is 6.04. The highest BCUT2D eigenvalue weighted by Crippen LogP contribution is 2.20. The summed E-state index contributed by atoms with van der Waals surface area (Å²) in [6.07, 6.45) is 3.42. The average molecular weight is 290 g/mol. The Labute approximate surface area is 127 Å². The highest BCUT2D eigenvalue weighted by Gasteiger charge is 2.27. The maximum Gasteiger partial charge on any atom is 0.254 e. The van der Waals surface area contributed by atoms with Crippen molar-refractivity contribution in [2.45, 2.75) is 31.9 Å². The zero-order valence-electron chi connectivity index (χ0n) is 13.3. The van der Waals surface area contributed by atoms with Crippen LogP contribution in [0.25, 0.3) is 0 Å². The van der Waals surface area contributed by atoms with E-state index in [0.717, 1.165) is 37.1 Å². The van der Waals surface area contributed by atoms with Gasteiger partial charge in [0, 0.05) is 31.8 Å². The maximum absolute atomic E-state index is 12.8. The second kappa shape index (κ2) is 7.57. The van der Waals surface area contributed by atoms with E-state index in [1.165, 1.54) is 6.42 Å². The van der Waals surface area contributed by atoms with Gasteiger partial charge in [0.1, 0.15) is 0 Å². The Kier molecular flexibility index (Phi) is 5.76. The van der Waals surface area contributed by atoms with Gasteiger partial charge in [0.15, 0.2) is 0 Å². The van der Waals surface area contributed by atoms with Crippen LogP contribution >= 0.6 is 0 Å². The molecule has 1 aliphatic rings. The van der Waals surface area contributed by atoms with E-state index < -0.39 is 0 Å². The number of hydrogen-bond donors (Lipinski definition) is 0. The van der Waals surface area contributed by atoms with Crippen LogP contribution in [0.15, 0.2) is 24.3 Å². The highest BCUT2D eigenvalue weighted by atomic mass is 16.5. The number of carbonyl (C=O) groups excluding carboxylic acids is 1. The van der Waals surface area contributed by atoms with E-state index in [-0.39, 0.29) is 5.91 Å². The standard InChI is InChI=1S/C17H26N2O2/c1-18(2)12-16-9-4-5-10-19(16)17(20)15-8-6-7-14(11-15)13-21-3/h6-8,11,16H,4-5,9-10,12-13H2,1-3H3. The molecule has 1 unspecified atom stereocenters. The molecule has 1 heterocycles. The maximum atomic E-state index is 12.8. The Bertz CT molecular complexity index is 474. The normalized spacial score (nSPS) is 19.0. The molecule has 0 bridgehead atoms. The first kappa shape index (κ1) is 16.0. The Morgan fingerprint density at radius 1 is 1.38 bits per heavy atom. The van der Waals surface area contributed by atoms with E-state index in [9.17, 15) is 4.79 Å². The summed E-state index contributed by atoms with van der Waals surface area (Å²) in [7, 11) is 5.80. The summed E-state index contributed by atoms with van der Waals surface area (Å²) in [6.45, 7) is 2.34. The Hall–Kier alpha value is -1.39. The van der Waals surface area contributed by atoms with Crippen molar-refractivity contribution in [3.63, 3.8) is 0 Å². The van der Waals surface area contributed by atoms with Crippen molar-refractivity contribution in [3.8, 4) is 0 Å². The largest absolute Gasteiger partial charge is 0.380 e. The topological polar surface area (TPSA) is 32.8 Å². The summed E-state index contributed by atoms with van der Waals surface area (Å²) in [5, 5.41) is 0. The van der Waals surface area contributed by atoms with Gasteiger partial charge in [-0.2, -0.15) is 0 Å². The number of likely N-dealkylation sites (tertiary alicyclic amines) is 1. The lowest BCUT2D eigenvalue weighted by Crippen LogP contribution is -2.48. The monoisotopic (exact) mass is 290 g/mol. The molecule has 2 rings (SSSR count). The van der Waals surface area contributed by atoms with E-state index in [2.05, 4.69) is 23.9 Å². The molecule has 0 aliphatic carbocycles. The molecule has 1 aromatic rings. The first-order valence-corrected chi connectivity index (χ1v) is 7.65. The molecule has 0 N–H and O–H groups in total. The lowest BCUT2D eigenvalue weighted by Gasteiger charge is -2.37. The van der Waals surface area contributed by atoms with Gasteiger partial charge in [0.2, 0.25) is 0 Å². The van der Waals surface area contributed by atoms with E-state index in [1.54, 1.807) is 7.11 Å². The van der Waals surface area contributed by atoms with Gasteiger partial charge >= 0.3 is 0 Å². The summed E-state index contributed by atoms with van der Waals surface area (Å²) in [4.78, 5) is 17.0. The number of rotatable bonds is 5. The summed E-state index contributed by atoms with van der Waals surface area (Å²) in [5.74, 6) is 0.152. The van der Waals surface area contributed by atoms with Crippen molar-refractivity contribution in [3.05, 3.63) is 35.4 Å². The Morgan fingerprint density at radius 3 is 2.90 bits per heavy atom. The minimum atomic E-state index is 0.152. The summed E-state index contributed by atoms with van der Waals surface area (Å²) < 4.78 is 5.15. The Balaban J connectivity index is 2.14. The highest BCUT2D eigenvalue weighted by molar-refractivity contribution is 5.94. The number of carbonyl (C=O) groups is 1. The van der Waals surface area contributed by atoms with E-state index in [4.69, 9.17) is 4.74 Å². The second-order valence-electron chi connectivity index (χ2n) is 6.04. The number of amides is 1. The molecule has 0 saturated carbocycles. The van der Waals surface area contributed by atoms with Crippen LogP contribution in [0.5, 0.6) is 0 Å². The molecular weight excluding hydrogens is 264 g/mol. The summed E-state index contributed by atoms with van der Waals surface area (Å²) in [6, 6.07) is 8.11. The number of ether oxygens (including phenoxy) is 1. The lowest BCUT2D eigenvalue weighted by molar-refractivity contribution is 0.0574. The molecule has 116 valence electrons. The predicted molar refractivity (Wildman–Crippen MR) is 84.4 cm³/mol. The molecule has 0 radical (unpaired) electrons. The number of hydrogen-bond acceptors (Lipinski definition) is 3.